The summed E-state index contributed by atoms with van der Waals surface area (Å²) in [6, 6.07) is 2.48. The normalized spacial score (nSPS) is 17.8. The first-order chi connectivity index (χ1) is 11.0. The Kier molecular flexibility index (Phi) is 5.03. The largest absolute Gasteiger partial charge is 0.534 e. The lowest BCUT2D eigenvalue weighted by Gasteiger charge is -2.27. The van der Waals surface area contributed by atoms with Crippen LogP contribution in [0.4, 0.5) is 13.2 Å². The van der Waals surface area contributed by atoms with Crippen molar-refractivity contribution in [2.24, 2.45) is 0 Å². The van der Waals surface area contributed by atoms with E-state index in [1.807, 2.05) is 0 Å². The molecule has 1 aromatic rings. The summed E-state index contributed by atoms with van der Waals surface area (Å²) in [7, 11) is -5.77. The summed E-state index contributed by atoms with van der Waals surface area (Å²) in [4.78, 5) is 0. The Morgan fingerprint density at radius 1 is 1.25 bits per heavy atom. The Morgan fingerprint density at radius 3 is 2.33 bits per heavy atom. The van der Waals surface area contributed by atoms with Gasteiger partial charge in [0.25, 0.3) is 0 Å². The Labute approximate surface area is 137 Å². The van der Waals surface area contributed by atoms with Crippen molar-refractivity contribution >= 4 is 10.1 Å². The molecule has 0 spiro atoms. The van der Waals surface area contributed by atoms with Gasteiger partial charge >= 0.3 is 15.6 Å². The molecule has 10 heteroatoms. The van der Waals surface area contributed by atoms with Gasteiger partial charge in [-0.05, 0) is 32.9 Å². The average Bonchev–Trinajstić information content (AvgIpc) is 2.90. The zero-order valence-corrected chi connectivity index (χ0v) is 14.1. The lowest BCUT2D eigenvalue weighted by Crippen LogP contribution is -2.28. The Bertz CT molecular complexity index is 708. The monoisotopic (exact) mass is 370 g/mol. The van der Waals surface area contributed by atoms with Gasteiger partial charge in [-0.2, -0.15) is 21.6 Å². The third-order valence-electron chi connectivity index (χ3n) is 3.46. The second kappa shape index (κ2) is 6.41. The molecule has 2 rings (SSSR count). The lowest BCUT2D eigenvalue weighted by molar-refractivity contribution is -0.150. The van der Waals surface area contributed by atoms with E-state index in [0.29, 0.717) is 18.8 Å². The average molecular weight is 370 g/mol. The second-order valence-electron chi connectivity index (χ2n) is 5.12. The number of alkyl halides is 3. The smallest absolute Gasteiger partial charge is 0.493 e. The van der Waals surface area contributed by atoms with Crippen LogP contribution in [0.1, 0.15) is 25.0 Å². The standard InChI is InChI=1S/C14H17F3O6S/c1-4-20-12-9(2)11(23-24(18,19)14(15,16)17)6-5-10(12)13(3)21-7-8-22-13/h5-6H,4,7-8H2,1-3H3. The molecule has 6 nitrogen and oxygen atoms in total. The van der Waals surface area contributed by atoms with Gasteiger partial charge in [0.05, 0.1) is 25.4 Å². The summed E-state index contributed by atoms with van der Waals surface area (Å²) in [6.07, 6.45) is 0. The van der Waals surface area contributed by atoms with E-state index >= 15 is 0 Å². The summed E-state index contributed by atoms with van der Waals surface area (Å²) in [5.41, 5.74) is -4.98. The highest BCUT2D eigenvalue weighted by Crippen LogP contribution is 2.42. The summed E-state index contributed by atoms with van der Waals surface area (Å²) in [6.45, 7) is 5.63. The molecule has 0 aliphatic carbocycles. The Morgan fingerprint density at radius 2 is 1.83 bits per heavy atom. The first-order valence-electron chi connectivity index (χ1n) is 7.07. The fourth-order valence-corrected chi connectivity index (χ4v) is 2.80. The van der Waals surface area contributed by atoms with Crippen molar-refractivity contribution in [2.75, 3.05) is 19.8 Å². The molecule has 1 fully saturated rings. The molecular formula is C14H17F3O6S. The number of ether oxygens (including phenoxy) is 3. The van der Waals surface area contributed by atoms with Crippen LogP contribution in [0.25, 0.3) is 0 Å². The highest BCUT2D eigenvalue weighted by molar-refractivity contribution is 7.88. The maximum Gasteiger partial charge on any atom is 0.534 e. The molecule has 0 atom stereocenters. The molecule has 0 saturated carbocycles. The van der Waals surface area contributed by atoms with Crippen molar-refractivity contribution in [1.29, 1.82) is 0 Å². The summed E-state index contributed by atoms with van der Waals surface area (Å²) >= 11 is 0. The number of hydrogen-bond acceptors (Lipinski definition) is 6. The molecule has 0 radical (unpaired) electrons. The van der Waals surface area contributed by atoms with Crippen LogP contribution in [0, 0.1) is 6.92 Å². The first kappa shape index (κ1) is 18.8. The van der Waals surface area contributed by atoms with E-state index in [9.17, 15) is 21.6 Å². The zero-order valence-electron chi connectivity index (χ0n) is 13.3. The van der Waals surface area contributed by atoms with Gasteiger partial charge < -0.3 is 18.4 Å². The zero-order chi connectivity index (χ0) is 18.2. The predicted molar refractivity (Wildman–Crippen MR) is 77.2 cm³/mol. The minimum atomic E-state index is -5.77. The van der Waals surface area contributed by atoms with Crippen molar-refractivity contribution in [3.05, 3.63) is 23.3 Å². The van der Waals surface area contributed by atoms with Gasteiger partial charge in [-0.3, -0.25) is 0 Å². The minimum Gasteiger partial charge on any atom is -0.493 e. The Hall–Kier alpha value is -1.52. The van der Waals surface area contributed by atoms with Gasteiger partial charge in [-0.15, -0.1) is 0 Å². The van der Waals surface area contributed by atoms with Crippen molar-refractivity contribution < 1.29 is 40.0 Å². The summed E-state index contributed by atoms with van der Waals surface area (Å²) in [5.74, 6) is -1.44. The maximum absolute atomic E-state index is 12.5. The van der Waals surface area contributed by atoms with Crippen LogP contribution in [0.5, 0.6) is 11.5 Å². The molecule has 1 aliphatic rings. The van der Waals surface area contributed by atoms with E-state index in [1.54, 1.807) is 13.8 Å². The fraction of sp³-hybridized carbons (Fsp3) is 0.571. The van der Waals surface area contributed by atoms with Crippen molar-refractivity contribution in [1.82, 2.24) is 0 Å². The quantitative estimate of drug-likeness (QED) is 0.586. The predicted octanol–water partition coefficient (Wildman–Crippen LogP) is 2.84. The molecule has 1 aromatic carbocycles. The van der Waals surface area contributed by atoms with Crippen LogP contribution in [0.15, 0.2) is 12.1 Å². The molecule has 0 unspecified atom stereocenters. The van der Waals surface area contributed by atoms with E-state index < -0.39 is 27.2 Å². The lowest BCUT2D eigenvalue weighted by atomic mass is 10.0. The molecule has 0 amide bonds. The molecule has 0 aromatic heterocycles. The first-order valence-corrected chi connectivity index (χ1v) is 8.48. The number of hydrogen-bond donors (Lipinski definition) is 0. The SMILES string of the molecule is CCOc1c(C2(C)OCCO2)ccc(OS(=O)(=O)C(F)(F)F)c1C. The van der Waals surface area contributed by atoms with Crippen LogP contribution in [-0.2, 0) is 25.4 Å². The molecule has 136 valence electrons. The molecule has 0 N–H and O–H groups in total. The highest BCUT2D eigenvalue weighted by atomic mass is 32.2. The number of halogens is 3. The molecule has 1 heterocycles. The van der Waals surface area contributed by atoms with Gasteiger partial charge in [0.2, 0.25) is 0 Å². The molecule has 24 heavy (non-hydrogen) atoms. The maximum atomic E-state index is 12.5. The topological polar surface area (TPSA) is 71.1 Å². The fourth-order valence-electron chi connectivity index (χ4n) is 2.29. The van der Waals surface area contributed by atoms with Crippen LogP contribution in [-0.4, -0.2) is 33.7 Å². The number of benzene rings is 1. The summed E-state index contributed by atoms with van der Waals surface area (Å²) < 4.78 is 80.7. The van der Waals surface area contributed by atoms with Crippen molar-refractivity contribution in [2.45, 2.75) is 32.1 Å². The van der Waals surface area contributed by atoms with Crippen molar-refractivity contribution in [3.8, 4) is 11.5 Å². The van der Waals surface area contributed by atoms with E-state index in [4.69, 9.17) is 14.2 Å². The van der Waals surface area contributed by atoms with E-state index in [-0.39, 0.29) is 17.9 Å². The third kappa shape index (κ3) is 3.45. The minimum absolute atomic E-state index is 0.0995. The van der Waals surface area contributed by atoms with Gasteiger partial charge in [0.1, 0.15) is 11.5 Å². The van der Waals surface area contributed by atoms with Crippen LogP contribution >= 0.6 is 0 Å². The van der Waals surface area contributed by atoms with E-state index in [2.05, 4.69) is 4.18 Å². The van der Waals surface area contributed by atoms with Gasteiger partial charge in [0, 0.05) is 5.56 Å². The third-order valence-corrected chi connectivity index (χ3v) is 4.42. The highest BCUT2D eigenvalue weighted by Gasteiger charge is 2.49. The van der Waals surface area contributed by atoms with E-state index in [1.165, 1.54) is 13.0 Å². The second-order valence-corrected chi connectivity index (χ2v) is 6.66. The molecule has 0 bridgehead atoms. The Balaban J connectivity index is 2.48. The van der Waals surface area contributed by atoms with Gasteiger partial charge in [0.15, 0.2) is 5.79 Å². The summed E-state index contributed by atoms with van der Waals surface area (Å²) in [5, 5.41) is 0. The molecular weight excluding hydrogens is 353 g/mol. The van der Waals surface area contributed by atoms with E-state index in [0.717, 1.165) is 6.07 Å². The number of rotatable bonds is 5. The van der Waals surface area contributed by atoms with Crippen LogP contribution in [0.2, 0.25) is 0 Å². The molecule has 1 saturated heterocycles. The van der Waals surface area contributed by atoms with Crippen molar-refractivity contribution in [3.63, 3.8) is 0 Å². The van der Waals surface area contributed by atoms with Crippen LogP contribution in [0.3, 0.4) is 0 Å². The van der Waals surface area contributed by atoms with Gasteiger partial charge in [-0.25, -0.2) is 0 Å². The van der Waals surface area contributed by atoms with Crippen LogP contribution < -0.4 is 8.92 Å². The van der Waals surface area contributed by atoms with Gasteiger partial charge in [-0.1, -0.05) is 0 Å². The molecule has 1 aliphatic heterocycles.